The molecule has 1 aromatic carbocycles. The second kappa shape index (κ2) is 4.68. The molecule has 0 fully saturated rings. The number of benzene rings is 1. The van der Waals surface area contributed by atoms with Crippen molar-refractivity contribution < 1.29 is 8.42 Å². The van der Waals surface area contributed by atoms with Crippen molar-refractivity contribution in [1.29, 1.82) is 0 Å². The first-order chi connectivity index (χ1) is 7.98. The Balaban J connectivity index is 2.61. The molecule has 0 aliphatic carbocycles. The summed E-state index contributed by atoms with van der Waals surface area (Å²) in [6, 6.07) is 10.2. The fourth-order valence-corrected chi connectivity index (χ4v) is 3.03. The average molecular weight is 286 g/mol. The third kappa shape index (κ3) is 2.80. The summed E-state index contributed by atoms with van der Waals surface area (Å²) in [6.45, 7) is 0. The highest BCUT2D eigenvalue weighted by Gasteiger charge is 2.15. The third-order valence-electron chi connectivity index (χ3n) is 2.18. The summed E-state index contributed by atoms with van der Waals surface area (Å²) in [5.74, 6) is 0. The van der Waals surface area contributed by atoms with Crippen LogP contribution in [0.4, 0.5) is 0 Å². The number of aromatic nitrogens is 1. The van der Waals surface area contributed by atoms with Gasteiger partial charge in [-0.05, 0) is 24.3 Å². The van der Waals surface area contributed by atoms with Crippen LogP contribution in [-0.2, 0) is 9.05 Å². The molecule has 0 saturated carbocycles. The van der Waals surface area contributed by atoms with E-state index in [0.717, 1.165) is 0 Å². The summed E-state index contributed by atoms with van der Waals surface area (Å²) >= 11 is 4.07. The van der Waals surface area contributed by atoms with Crippen LogP contribution in [0.25, 0.3) is 11.3 Å². The minimum atomic E-state index is -3.80. The van der Waals surface area contributed by atoms with Gasteiger partial charge in [0.15, 0.2) is 0 Å². The van der Waals surface area contributed by atoms with E-state index in [-0.39, 0.29) is 4.90 Å². The van der Waals surface area contributed by atoms with Gasteiger partial charge in [0.25, 0.3) is 9.05 Å². The predicted molar refractivity (Wildman–Crippen MR) is 70.0 cm³/mol. The van der Waals surface area contributed by atoms with Gasteiger partial charge in [-0.2, -0.15) is 0 Å². The molecule has 17 heavy (non-hydrogen) atoms. The number of pyridine rings is 1. The molecule has 3 nitrogen and oxygen atoms in total. The molecule has 0 saturated heterocycles. The second-order valence-electron chi connectivity index (χ2n) is 3.34. The fourth-order valence-electron chi connectivity index (χ4n) is 1.40. The third-order valence-corrected chi connectivity index (χ3v) is 4.09. The normalized spacial score (nSPS) is 11.4. The van der Waals surface area contributed by atoms with E-state index in [1.54, 1.807) is 30.5 Å². The van der Waals surface area contributed by atoms with E-state index in [1.165, 1.54) is 6.07 Å². The quantitative estimate of drug-likeness (QED) is 0.682. The summed E-state index contributed by atoms with van der Waals surface area (Å²) in [4.78, 5) is 4.45. The Labute approximate surface area is 109 Å². The van der Waals surface area contributed by atoms with Gasteiger partial charge in [0.1, 0.15) is 0 Å². The maximum absolute atomic E-state index is 11.3. The molecule has 0 N–H and O–H groups in total. The minimum Gasteiger partial charge on any atom is -0.256 e. The first kappa shape index (κ1) is 12.4. The molecular formula is C11H8ClNO2S2. The van der Waals surface area contributed by atoms with Crippen LogP contribution in [0.5, 0.6) is 0 Å². The van der Waals surface area contributed by atoms with Crippen LogP contribution in [0.15, 0.2) is 52.4 Å². The zero-order valence-electron chi connectivity index (χ0n) is 8.54. The monoisotopic (exact) mass is 285 g/mol. The molecule has 88 valence electrons. The lowest BCUT2D eigenvalue weighted by atomic mass is 10.1. The summed E-state index contributed by atoms with van der Waals surface area (Å²) in [7, 11) is 1.53. The fraction of sp³-hybridized carbons (Fsp3) is 0. The minimum absolute atomic E-state index is 0.00865. The Bertz CT molecular complexity index is 642. The van der Waals surface area contributed by atoms with Gasteiger partial charge >= 0.3 is 0 Å². The van der Waals surface area contributed by atoms with Crippen molar-refractivity contribution in [1.82, 2.24) is 4.98 Å². The van der Waals surface area contributed by atoms with E-state index in [1.807, 2.05) is 6.07 Å². The van der Waals surface area contributed by atoms with E-state index in [9.17, 15) is 8.42 Å². The number of thiol groups is 1. The zero-order chi connectivity index (χ0) is 12.5. The van der Waals surface area contributed by atoms with Crippen molar-refractivity contribution in [3.05, 3.63) is 42.6 Å². The molecule has 0 aliphatic heterocycles. The highest BCUT2D eigenvalue weighted by Crippen LogP contribution is 2.28. The topological polar surface area (TPSA) is 47.0 Å². The maximum atomic E-state index is 11.3. The van der Waals surface area contributed by atoms with Crippen molar-refractivity contribution >= 4 is 32.4 Å². The molecule has 2 rings (SSSR count). The average Bonchev–Trinajstić information content (AvgIpc) is 2.29. The molecule has 0 unspecified atom stereocenters. The largest absolute Gasteiger partial charge is 0.262 e. The van der Waals surface area contributed by atoms with Gasteiger partial charge < -0.3 is 0 Å². The Morgan fingerprint density at radius 2 is 1.94 bits per heavy atom. The molecule has 2 aromatic rings. The van der Waals surface area contributed by atoms with Crippen LogP contribution in [0.1, 0.15) is 0 Å². The van der Waals surface area contributed by atoms with Crippen molar-refractivity contribution in [2.24, 2.45) is 0 Å². The van der Waals surface area contributed by atoms with Crippen LogP contribution < -0.4 is 0 Å². The van der Waals surface area contributed by atoms with Crippen molar-refractivity contribution in [3.8, 4) is 11.3 Å². The Hall–Kier alpha value is -1.04. The van der Waals surface area contributed by atoms with Crippen molar-refractivity contribution in [3.63, 3.8) is 0 Å². The second-order valence-corrected chi connectivity index (χ2v) is 6.35. The Morgan fingerprint density at radius 1 is 1.18 bits per heavy atom. The van der Waals surface area contributed by atoms with Gasteiger partial charge in [-0.15, -0.1) is 12.6 Å². The molecule has 0 aliphatic rings. The number of rotatable bonds is 2. The maximum Gasteiger partial charge on any atom is 0.262 e. The van der Waals surface area contributed by atoms with Gasteiger partial charge in [0.2, 0.25) is 0 Å². The first-order valence-corrected chi connectivity index (χ1v) is 7.43. The molecule has 0 radical (unpaired) electrons. The van der Waals surface area contributed by atoms with Gasteiger partial charge in [0.05, 0.1) is 10.6 Å². The van der Waals surface area contributed by atoms with Crippen LogP contribution in [-0.4, -0.2) is 13.4 Å². The smallest absolute Gasteiger partial charge is 0.256 e. The van der Waals surface area contributed by atoms with E-state index in [2.05, 4.69) is 17.6 Å². The number of halogens is 1. The van der Waals surface area contributed by atoms with Crippen LogP contribution in [0.2, 0.25) is 0 Å². The molecule has 0 atom stereocenters. The van der Waals surface area contributed by atoms with Gasteiger partial charge in [-0.1, -0.05) is 12.1 Å². The Kier molecular flexibility index (Phi) is 3.42. The summed E-state index contributed by atoms with van der Waals surface area (Å²) < 4.78 is 22.7. The van der Waals surface area contributed by atoms with E-state index >= 15 is 0 Å². The molecule has 0 bridgehead atoms. The van der Waals surface area contributed by atoms with Gasteiger partial charge in [-0.25, -0.2) is 8.42 Å². The van der Waals surface area contributed by atoms with Gasteiger partial charge in [0, 0.05) is 27.3 Å². The SMILES string of the molecule is O=S(=O)(Cl)c1cc(-c2ccccn2)ccc1S. The van der Waals surface area contributed by atoms with E-state index in [4.69, 9.17) is 10.7 Å². The molecule has 0 spiro atoms. The molecular weight excluding hydrogens is 278 g/mol. The molecule has 0 amide bonds. The lowest BCUT2D eigenvalue weighted by Gasteiger charge is -2.05. The number of nitrogens with zero attached hydrogens (tertiary/aromatic N) is 1. The summed E-state index contributed by atoms with van der Waals surface area (Å²) in [5, 5.41) is 0. The number of hydrogen-bond donors (Lipinski definition) is 1. The molecule has 1 aromatic heterocycles. The van der Waals surface area contributed by atoms with E-state index in [0.29, 0.717) is 16.2 Å². The van der Waals surface area contributed by atoms with Crippen molar-refractivity contribution in [2.45, 2.75) is 9.79 Å². The molecule has 1 heterocycles. The first-order valence-electron chi connectivity index (χ1n) is 4.67. The highest BCUT2D eigenvalue weighted by atomic mass is 35.7. The number of hydrogen-bond acceptors (Lipinski definition) is 4. The lowest BCUT2D eigenvalue weighted by Crippen LogP contribution is -1.93. The Morgan fingerprint density at radius 3 is 2.53 bits per heavy atom. The lowest BCUT2D eigenvalue weighted by molar-refractivity contribution is 0.608. The predicted octanol–water partition coefficient (Wildman–Crippen LogP) is 2.96. The zero-order valence-corrected chi connectivity index (χ0v) is 11.0. The van der Waals surface area contributed by atoms with Gasteiger partial charge in [-0.3, -0.25) is 4.98 Å². The summed E-state index contributed by atoms with van der Waals surface area (Å²) in [6.07, 6.45) is 1.64. The highest BCUT2D eigenvalue weighted by molar-refractivity contribution is 8.14. The van der Waals surface area contributed by atoms with Crippen LogP contribution in [0, 0.1) is 0 Å². The molecule has 6 heteroatoms. The van der Waals surface area contributed by atoms with E-state index < -0.39 is 9.05 Å². The summed E-state index contributed by atoms with van der Waals surface area (Å²) in [5.41, 5.74) is 1.37. The van der Waals surface area contributed by atoms with Crippen LogP contribution >= 0.6 is 23.3 Å². The van der Waals surface area contributed by atoms with Crippen molar-refractivity contribution in [2.75, 3.05) is 0 Å². The van der Waals surface area contributed by atoms with Crippen LogP contribution in [0.3, 0.4) is 0 Å². The standard InChI is InChI=1S/C11H8ClNO2S2/c12-17(14,15)11-7-8(4-5-10(11)16)9-3-1-2-6-13-9/h1-7,16H.